The summed E-state index contributed by atoms with van der Waals surface area (Å²) in [6.07, 6.45) is 1.54. The van der Waals surface area contributed by atoms with Gasteiger partial charge in [-0.2, -0.15) is 5.10 Å². The second-order valence-electron chi connectivity index (χ2n) is 6.27. The highest BCUT2D eigenvalue weighted by molar-refractivity contribution is 9.11. The fraction of sp³-hybridized carbons (Fsp3) is 0.0909. The summed E-state index contributed by atoms with van der Waals surface area (Å²) in [5.41, 5.74) is 4.51. The van der Waals surface area contributed by atoms with Crippen molar-refractivity contribution in [3.8, 4) is 11.5 Å². The number of nitrogens with zero attached hydrogens (tertiary/aromatic N) is 1. The van der Waals surface area contributed by atoms with Gasteiger partial charge in [-0.1, -0.05) is 35.3 Å². The number of benzene rings is 3. The van der Waals surface area contributed by atoms with Crippen LogP contribution in [-0.2, 0) is 6.61 Å². The number of hydrazone groups is 1. The first-order valence-electron chi connectivity index (χ1n) is 8.90. The molecule has 0 aromatic heterocycles. The number of hydrogen-bond donors (Lipinski definition) is 1. The van der Waals surface area contributed by atoms with Crippen molar-refractivity contribution in [2.24, 2.45) is 5.10 Å². The van der Waals surface area contributed by atoms with E-state index in [0.29, 0.717) is 36.1 Å². The Balaban J connectivity index is 1.66. The van der Waals surface area contributed by atoms with Crippen LogP contribution >= 0.6 is 55.1 Å². The second kappa shape index (κ2) is 11.0. The average Bonchev–Trinajstić information content (AvgIpc) is 2.74. The molecular formula is C22H16Br2Cl2N2O3. The van der Waals surface area contributed by atoms with Gasteiger partial charge in [0.2, 0.25) is 0 Å². The Morgan fingerprint density at radius 1 is 1.10 bits per heavy atom. The molecular weight excluding hydrogens is 571 g/mol. The standard InChI is InChI=1S/C22H16Br2Cl2N2O3/c1-30-17-4-2-3-14(9-17)22(29)28-27-11-13-7-18(23)21(19(24)8-13)31-12-15-5-6-16(25)10-20(15)26/h2-11H,12H2,1H3,(H,28,29)/b27-11-. The maximum absolute atomic E-state index is 12.2. The zero-order chi connectivity index (χ0) is 22.4. The lowest BCUT2D eigenvalue weighted by Crippen LogP contribution is -2.17. The van der Waals surface area contributed by atoms with Crippen molar-refractivity contribution in [2.75, 3.05) is 7.11 Å². The fourth-order valence-electron chi connectivity index (χ4n) is 2.57. The summed E-state index contributed by atoms with van der Waals surface area (Å²) >= 11 is 19.1. The number of rotatable bonds is 7. The molecule has 1 N–H and O–H groups in total. The molecule has 0 heterocycles. The van der Waals surface area contributed by atoms with Crippen LogP contribution in [0.4, 0.5) is 0 Å². The van der Waals surface area contributed by atoms with E-state index >= 15 is 0 Å². The SMILES string of the molecule is COc1cccc(C(=O)N/N=C\c2cc(Br)c(OCc3ccc(Cl)cc3Cl)c(Br)c2)c1. The van der Waals surface area contributed by atoms with Gasteiger partial charge in [-0.25, -0.2) is 5.43 Å². The van der Waals surface area contributed by atoms with E-state index in [2.05, 4.69) is 42.4 Å². The van der Waals surface area contributed by atoms with Gasteiger partial charge in [0.1, 0.15) is 18.1 Å². The van der Waals surface area contributed by atoms with Crippen LogP contribution in [0.2, 0.25) is 10.0 Å². The lowest BCUT2D eigenvalue weighted by atomic mass is 10.2. The largest absolute Gasteiger partial charge is 0.497 e. The summed E-state index contributed by atoms with van der Waals surface area (Å²) in [7, 11) is 1.54. The highest BCUT2D eigenvalue weighted by Crippen LogP contribution is 2.35. The summed E-state index contributed by atoms with van der Waals surface area (Å²) in [4.78, 5) is 12.2. The summed E-state index contributed by atoms with van der Waals surface area (Å²) in [6, 6.07) is 15.7. The smallest absolute Gasteiger partial charge is 0.271 e. The topological polar surface area (TPSA) is 59.9 Å². The van der Waals surface area contributed by atoms with Gasteiger partial charge in [0.15, 0.2) is 0 Å². The molecule has 0 atom stereocenters. The highest BCUT2D eigenvalue weighted by Gasteiger charge is 2.11. The van der Waals surface area contributed by atoms with Crippen LogP contribution in [-0.4, -0.2) is 19.2 Å². The summed E-state index contributed by atoms with van der Waals surface area (Å²) in [6.45, 7) is 0.275. The fourth-order valence-corrected chi connectivity index (χ4v) is 4.49. The molecule has 160 valence electrons. The van der Waals surface area contributed by atoms with E-state index in [1.807, 2.05) is 18.2 Å². The van der Waals surface area contributed by atoms with Crippen molar-refractivity contribution in [3.63, 3.8) is 0 Å². The first-order valence-corrected chi connectivity index (χ1v) is 11.2. The van der Waals surface area contributed by atoms with E-state index in [1.165, 1.54) is 6.21 Å². The third kappa shape index (κ3) is 6.46. The van der Waals surface area contributed by atoms with E-state index in [9.17, 15) is 4.79 Å². The first kappa shape index (κ1) is 23.6. The van der Waals surface area contributed by atoms with Crippen LogP contribution in [0, 0.1) is 0 Å². The van der Waals surface area contributed by atoms with Gasteiger partial charge >= 0.3 is 0 Å². The van der Waals surface area contributed by atoms with E-state index in [4.69, 9.17) is 32.7 Å². The third-order valence-electron chi connectivity index (χ3n) is 4.12. The van der Waals surface area contributed by atoms with Crippen molar-refractivity contribution in [2.45, 2.75) is 6.61 Å². The molecule has 1 amide bonds. The van der Waals surface area contributed by atoms with E-state index in [-0.39, 0.29) is 12.5 Å². The summed E-state index contributed by atoms with van der Waals surface area (Å²) < 4.78 is 12.5. The van der Waals surface area contributed by atoms with Crippen LogP contribution in [0.25, 0.3) is 0 Å². The number of halogens is 4. The van der Waals surface area contributed by atoms with Crippen LogP contribution in [0.5, 0.6) is 11.5 Å². The third-order valence-corrected chi connectivity index (χ3v) is 5.88. The van der Waals surface area contributed by atoms with Gasteiger partial charge < -0.3 is 9.47 Å². The Morgan fingerprint density at radius 3 is 2.52 bits per heavy atom. The molecule has 3 rings (SSSR count). The lowest BCUT2D eigenvalue weighted by molar-refractivity contribution is 0.0955. The van der Waals surface area contributed by atoms with E-state index in [1.54, 1.807) is 43.5 Å². The first-order chi connectivity index (χ1) is 14.9. The second-order valence-corrected chi connectivity index (χ2v) is 8.82. The minimum absolute atomic E-state index is 0.275. The number of carbonyl (C=O) groups excluding carboxylic acids is 1. The Hall–Kier alpha value is -2.06. The lowest BCUT2D eigenvalue weighted by Gasteiger charge is -2.12. The normalized spacial score (nSPS) is 10.9. The van der Waals surface area contributed by atoms with Crippen molar-refractivity contribution in [1.29, 1.82) is 0 Å². The molecule has 0 aliphatic heterocycles. The van der Waals surface area contributed by atoms with Crippen LogP contribution < -0.4 is 14.9 Å². The maximum Gasteiger partial charge on any atom is 0.271 e. The predicted molar refractivity (Wildman–Crippen MR) is 131 cm³/mol. The van der Waals surface area contributed by atoms with Crippen LogP contribution in [0.15, 0.2) is 68.6 Å². The molecule has 0 spiro atoms. The van der Waals surface area contributed by atoms with Crippen molar-refractivity contribution >= 4 is 67.2 Å². The minimum atomic E-state index is -0.340. The van der Waals surface area contributed by atoms with Crippen molar-refractivity contribution in [1.82, 2.24) is 5.43 Å². The quantitative estimate of drug-likeness (QED) is 0.243. The monoisotopic (exact) mass is 584 g/mol. The maximum atomic E-state index is 12.2. The number of nitrogens with one attached hydrogen (secondary N) is 1. The number of hydrogen-bond acceptors (Lipinski definition) is 4. The van der Waals surface area contributed by atoms with Gasteiger partial charge in [0, 0.05) is 21.2 Å². The molecule has 0 aliphatic carbocycles. The van der Waals surface area contributed by atoms with E-state index in [0.717, 1.165) is 11.1 Å². The van der Waals surface area contributed by atoms with Crippen LogP contribution in [0.1, 0.15) is 21.5 Å². The summed E-state index contributed by atoms with van der Waals surface area (Å²) in [5, 5.41) is 5.13. The molecule has 3 aromatic carbocycles. The Morgan fingerprint density at radius 2 is 1.84 bits per heavy atom. The Labute approximate surface area is 206 Å². The molecule has 0 saturated carbocycles. The van der Waals surface area contributed by atoms with Gasteiger partial charge in [-0.15, -0.1) is 0 Å². The van der Waals surface area contributed by atoms with Crippen LogP contribution in [0.3, 0.4) is 0 Å². The Bertz CT molecular complexity index is 1120. The molecule has 0 aliphatic rings. The Kier molecular flexibility index (Phi) is 8.37. The number of amides is 1. The van der Waals surface area contributed by atoms with Crippen molar-refractivity contribution in [3.05, 3.63) is 90.3 Å². The molecule has 0 fully saturated rings. The highest BCUT2D eigenvalue weighted by atomic mass is 79.9. The number of methoxy groups -OCH3 is 1. The van der Waals surface area contributed by atoms with Gasteiger partial charge in [0.25, 0.3) is 5.91 Å². The predicted octanol–water partition coefficient (Wildman–Crippen LogP) is 6.87. The number of carbonyl (C=O) groups is 1. The number of ether oxygens (including phenoxy) is 2. The molecule has 5 nitrogen and oxygen atoms in total. The van der Waals surface area contributed by atoms with Gasteiger partial charge in [0.05, 0.1) is 22.3 Å². The zero-order valence-electron chi connectivity index (χ0n) is 16.2. The molecule has 31 heavy (non-hydrogen) atoms. The zero-order valence-corrected chi connectivity index (χ0v) is 20.8. The average molecular weight is 587 g/mol. The molecule has 0 bridgehead atoms. The molecule has 9 heteroatoms. The summed E-state index contributed by atoms with van der Waals surface area (Å²) in [5.74, 6) is 0.872. The molecule has 3 aromatic rings. The molecule has 0 saturated heterocycles. The van der Waals surface area contributed by atoms with Crippen molar-refractivity contribution < 1.29 is 14.3 Å². The molecule has 0 unspecified atom stereocenters. The molecule has 0 radical (unpaired) electrons. The van der Waals surface area contributed by atoms with Gasteiger partial charge in [-0.05, 0) is 79.9 Å². The van der Waals surface area contributed by atoms with Gasteiger partial charge in [-0.3, -0.25) is 4.79 Å². The van der Waals surface area contributed by atoms with E-state index < -0.39 is 0 Å². The minimum Gasteiger partial charge on any atom is -0.497 e.